The lowest BCUT2D eigenvalue weighted by atomic mass is 10.1. The van der Waals surface area contributed by atoms with Gasteiger partial charge in [-0.15, -0.1) is 13.2 Å². The molecule has 1 aliphatic carbocycles. The van der Waals surface area contributed by atoms with Gasteiger partial charge in [0.25, 0.3) is 5.91 Å². The summed E-state index contributed by atoms with van der Waals surface area (Å²) < 4.78 is 64.6. The van der Waals surface area contributed by atoms with Crippen LogP contribution in [-0.4, -0.2) is 49.6 Å². The summed E-state index contributed by atoms with van der Waals surface area (Å²) in [6.07, 6.45) is -1.64. The number of benzene rings is 2. The van der Waals surface area contributed by atoms with Gasteiger partial charge in [-0.05, 0) is 56.0 Å². The number of rotatable bonds is 7. The number of nitrogens with zero attached hydrogens (tertiary/aromatic N) is 2. The van der Waals surface area contributed by atoms with Gasteiger partial charge >= 0.3 is 6.36 Å². The van der Waals surface area contributed by atoms with Crippen LogP contribution in [-0.2, 0) is 6.54 Å². The van der Waals surface area contributed by atoms with E-state index in [1.54, 1.807) is 6.92 Å². The fourth-order valence-corrected chi connectivity index (χ4v) is 5.20. The zero-order chi connectivity index (χ0) is 28.8. The minimum absolute atomic E-state index is 0.0321. The predicted molar refractivity (Wildman–Crippen MR) is 142 cm³/mol. The Kier molecular flexibility index (Phi) is 7.38. The maximum Gasteiger partial charge on any atom is 0.573 e. The highest BCUT2D eigenvalue weighted by Crippen LogP contribution is 2.43. The van der Waals surface area contributed by atoms with Crippen LogP contribution in [0.1, 0.15) is 47.3 Å². The number of hydrogen-bond donors (Lipinski definition) is 2. The van der Waals surface area contributed by atoms with Crippen LogP contribution in [0, 0.1) is 12.7 Å². The van der Waals surface area contributed by atoms with E-state index in [1.165, 1.54) is 31.5 Å². The zero-order valence-corrected chi connectivity index (χ0v) is 22.3. The second kappa shape index (κ2) is 10.6. The Morgan fingerprint density at radius 3 is 2.60 bits per heavy atom. The van der Waals surface area contributed by atoms with Crippen molar-refractivity contribution in [1.29, 1.82) is 0 Å². The van der Waals surface area contributed by atoms with Crippen molar-refractivity contribution in [2.24, 2.45) is 0 Å². The molecule has 2 heterocycles. The van der Waals surface area contributed by atoms with Crippen LogP contribution in [0.25, 0.3) is 10.9 Å². The van der Waals surface area contributed by atoms with E-state index in [0.717, 1.165) is 18.9 Å². The first-order valence-electron chi connectivity index (χ1n) is 13.0. The van der Waals surface area contributed by atoms with Crippen LogP contribution in [0.5, 0.6) is 11.5 Å². The van der Waals surface area contributed by atoms with Crippen molar-refractivity contribution in [3.8, 4) is 11.5 Å². The molecular formula is C28H30F4N4O4. The Balaban J connectivity index is 1.49. The third kappa shape index (κ3) is 5.58. The lowest BCUT2D eigenvalue weighted by molar-refractivity contribution is -0.274. The number of carbonyl (C=O) groups excluding carboxylic acids is 1. The first-order chi connectivity index (χ1) is 19.0. The van der Waals surface area contributed by atoms with Crippen molar-refractivity contribution in [2.45, 2.75) is 51.7 Å². The van der Waals surface area contributed by atoms with Crippen molar-refractivity contribution >= 4 is 22.5 Å². The van der Waals surface area contributed by atoms with Gasteiger partial charge in [0.15, 0.2) is 11.6 Å². The molecule has 2 fully saturated rings. The van der Waals surface area contributed by atoms with Gasteiger partial charge in [0.05, 0.1) is 18.0 Å². The molecule has 3 aromatic rings. The molecule has 2 N–H and O–H groups in total. The second-order valence-corrected chi connectivity index (χ2v) is 10.3. The maximum absolute atomic E-state index is 15.6. The molecule has 1 atom stereocenters. The molecule has 40 heavy (non-hydrogen) atoms. The summed E-state index contributed by atoms with van der Waals surface area (Å²) in [6, 6.07) is 5.15. The molecule has 0 spiro atoms. The molecule has 2 aromatic carbocycles. The second-order valence-electron chi connectivity index (χ2n) is 10.3. The van der Waals surface area contributed by atoms with Crippen LogP contribution < -0.4 is 30.4 Å². The van der Waals surface area contributed by atoms with E-state index in [9.17, 15) is 22.8 Å². The highest BCUT2D eigenvalue weighted by molar-refractivity contribution is 6.00. The Morgan fingerprint density at radius 2 is 1.98 bits per heavy atom. The number of alkyl halides is 3. The number of piperazine rings is 1. The standard InChI is InChI=1S/C28H30F4N4O4/c1-15-10-19(40-28(30,31)32)7-4-17(15)12-34-27(38)21-14-36(18-5-6-18)23-20(25(21)37)11-22(29)24(26(23)39-3)35-9-8-33-16(2)13-35/h4,7,10-11,14,16,18,33H,5-6,8-9,12-13H2,1-3H3,(H,34,38). The molecule has 1 aliphatic heterocycles. The summed E-state index contributed by atoms with van der Waals surface area (Å²) in [6.45, 7) is 5.38. The lowest BCUT2D eigenvalue weighted by Gasteiger charge is -2.35. The smallest absolute Gasteiger partial charge is 0.492 e. The van der Waals surface area contributed by atoms with E-state index >= 15 is 4.39 Å². The van der Waals surface area contributed by atoms with Crippen LogP contribution in [0.2, 0.25) is 0 Å². The molecule has 0 radical (unpaired) electrons. The Hall–Kier alpha value is -3.80. The van der Waals surface area contributed by atoms with E-state index in [2.05, 4.69) is 15.4 Å². The number of ether oxygens (including phenoxy) is 2. The van der Waals surface area contributed by atoms with Crippen LogP contribution >= 0.6 is 0 Å². The van der Waals surface area contributed by atoms with E-state index in [0.29, 0.717) is 42.0 Å². The minimum atomic E-state index is -4.81. The van der Waals surface area contributed by atoms with Gasteiger partial charge in [-0.2, -0.15) is 0 Å². The zero-order valence-electron chi connectivity index (χ0n) is 22.3. The number of fused-ring (bicyclic) bond motifs is 1. The first-order valence-corrected chi connectivity index (χ1v) is 13.0. The number of pyridine rings is 1. The Morgan fingerprint density at radius 1 is 1.23 bits per heavy atom. The molecule has 8 nitrogen and oxygen atoms in total. The third-order valence-electron chi connectivity index (χ3n) is 7.26. The van der Waals surface area contributed by atoms with E-state index in [-0.39, 0.29) is 41.1 Å². The summed E-state index contributed by atoms with van der Waals surface area (Å²) in [5, 5.41) is 6.05. The average molecular weight is 563 g/mol. The number of anilines is 1. The van der Waals surface area contributed by atoms with Gasteiger partial charge in [0.2, 0.25) is 5.43 Å². The summed E-state index contributed by atoms with van der Waals surface area (Å²) in [4.78, 5) is 28.6. The number of carbonyl (C=O) groups is 1. The first kappa shape index (κ1) is 27.8. The number of halogens is 4. The number of hydrogen-bond acceptors (Lipinski definition) is 6. The largest absolute Gasteiger partial charge is 0.573 e. The molecule has 1 unspecified atom stereocenters. The third-order valence-corrected chi connectivity index (χ3v) is 7.26. The molecule has 1 saturated heterocycles. The van der Waals surface area contributed by atoms with Gasteiger partial charge in [0.1, 0.15) is 17.0 Å². The summed E-state index contributed by atoms with van der Waals surface area (Å²) in [5.41, 5.74) is 0.978. The van der Waals surface area contributed by atoms with Crippen LogP contribution in [0.4, 0.5) is 23.2 Å². The highest BCUT2D eigenvalue weighted by atomic mass is 19.4. The fraction of sp³-hybridized carbons (Fsp3) is 0.429. The molecule has 5 rings (SSSR count). The van der Waals surface area contributed by atoms with Gasteiger partial charge in [-0.1, -0.05) is 6.07 Å². The number of aryl methyl sites for hydroxylation is 1. The van der Waals surface area contributed by atoms with Gasteiger partial charge in [0, 0.05) is 44.5 Å². The van der Waals surface area contributed by atoms with Crippen molar-refractivity contribution in [1.82, 2.24) is 15.2 Å². The maximum atomic E-state index is 15.6. The van der Waals surface area contributed by atoms with Gasteiger partial charge < -0.3 is 29.6 Å². The normalized spacial score (nSPS) is 17.7. The van der Waals surface area contributed by atoms with Crippen molar-refractivity contribution in [2.75, 3.05) is 31.6 Å². The predicted octanol–water partition coefficient (Wildman–Crippen LogP) is 4.42. The fourth-order valence-electron chi connectivity index (χ4n) is 5.20. The molecule has 2 aliphatic rings. The lowest BCUT2D eigenvalue weighted by Crippen LogP contribution is -2.49. The van der Waals surface area contributed by atoms with E-state index in [1.807, 2.05) is 16.4 Å². The quantitative estimate of drug-likeness (QED) is 0.415. The molecule has 1 aromatic heterocycles. The van der Waals surface area contributed by atoms with Crippen molar-refractivity contribution in [3.05, 3.63) is 63.2 Å². The summed E-state index contributed by atoms with van der Waals surface area (Å²) in [5.74, 6) is -1.38. The Labute approximate surface area is 227 Å². The molecule has 12 heteroatoms. The molecule has 1 amide bonds. The summed E-state index contributed by atoms with van der Waals surface area (Å²) >= 11 is 0. The SMILES string of the molecule is COc1c(N2CCNC(C)C2)c(F)cc2c(=O)c(C(=O)NCc3ccc(OC(F)(F)F)cc3C)cn(C3CC3)c12. The van der Waals surface area contributed by atoms with Crippen LogP contribution in [0.3, 0.4) is 0 Å². The van der Waals surface area contributed by atoms with E-state index in [4.69, 9.17) is 4.74 Å². The van der Waals surface area contributed by atoms with Gasteiger partial charge in [-0.3, -0.25) is 9.59 Å². The number of amides is 1. The highest BCUT2D eigenvalue weighted by Gasteiger charge is 2.33. The average Bonchev–Trinajstić information content (AvgIpc) is 3.72. The molecule has 1 saturated carbocycles. The minimum Gasteiger partial charge on any atom is -0.492 e. The van der Waals surface area contributed by atoms with E-state index < -0.39 is 23.5 Å². The number of methoxy groups -OCH3 is 1. The molecule has 214 valence electrons. The molecule has 0 bridgehead atoms. The Bertz CT molecular complexity index is 1520. The van der Waals surface area contributed by atoms with Crippen LogP contribution in [0.15, 0.2) is 35.3 Å². The summed E-state index contributed by atoms with van der Waals surface area (Å²) in [7, 11) is 1.44. The monoisotopic (exact) mass is 562 g/mol. The number of nitrogens with one attached hydrogen (secondary N) is 2. The number of aromatic nitrogens is 1. The van der Waals surface area contributed by atoms with Crippen molar-refractivity contribution < 1.29 is 31.8 Å². The topological polar surface area (TPSA) is 84.8 Å². The van der Waals surface area contributed by atoms with Gasteiger partial charge in [-0.25, -0.2) is 4.39 Å². The van der Waals surface area contributed by atoms with Crippen molar-refractivity contribution in [3.63, 3.8) is 0 Å². The molecular weight excluding hydrogens is 532 g/mol.